The number of anilines is 1. The van der Waals surface area contributed by atoms with Gasteiger partial charge < -0.3 is 0 Å². The highest BCUT2D eigenvalue weighted by Gasteiger charge is 2.11. The second-order valence-corrected chi connectivity index (χ2v) is 7.36. The fourth-order valence-electron chi connectivity index (χ4n) is 3.20. The van der Waals surface area contributed by atoms with Gasteiger partial charge in [-0.05, 0) is 43.1 Å². The Labute approximate surface area is 158 Å². The zero-order chi connectivity index (χ0) is 17.6. The van der Waals surface area contributed by atoms with E-state index in [2.05, 4.69) is 56.8 Å². The van der Waals surface area contributed by atoms with E-state index in [1.54, 1.807) is 11.3 Å². The predicted octanol–water partition coefficient (Wildman–Crippen LogP) is 4.85. The summed E-state index contributed by atoms with van der Waals surface area (Å²) in [7, 11) is 0. The molecule has 0 saturated carbocycles. The molecule has 1 fully saturated rings. The molecule has 1 saturated heterocycles. The largest absolute Gasteiger partial charge is 0.299 e. The number of aromatic nitrogens is 1. The van der Waals surface area contributed by atoms with Crippen LogP contribution in [0.4, 0.5) is 5.13 Å². The van der Waals surface area contributed by atoms with Crippen molar-refractivity contribution in [3.05, 3.63) is 71.1 Å². The monoisotopic (exact) mass is 362 g/mol. The molecule has 0 spiro atoms. The molecule has 2 heterocycles. The summed E-state index contributed by atoms with van der Waals surface area (Å²) >= 11 is 1.56. The van der Waals surface area contributed by atoms with Gasteiger partial charge in [-0.15, -0.1) is 11.3 Å². The molecule has 0 radical (unpaired) electrons. The molecule has 0 bridgehead atoms. The van der Waals surface area contributed by atoms with E-state index in [4.69, 9.17) is 0 Å². The lowest BCUT2D eigenvalue weighted by Crippen LogP contribution is -2.18. The number of rotatable bonds is 6. The third-order valence-corrected chi connectivity index (χ3v) is 5.25. The molecule has 4 rings (SSSR count). The minimum atomic E-state index is 0.799. The Bertz CT molecular complexity index is 866. The molecule has 0 atom stereocenters. The molecule has 1 aromatic heterocycles. The van der Waals surface area contributed by atoms with Gasteiger partial charge in [0.1, 0.15) is 0 Å². The van der Waals surface area contributed by atoms with Gasteiger partial charge in [-0.25, -0.2) is 4.98 Å². The maximum Gasteiger partial charge on any atom is 0.203 e. The van der Waals surface area contributed by atoms with Crippen molar-refractivity contribution in [1.29, 1.82) is 0 Å². The van der Waals surface area contributed by atoms with E-state index in [0.717, 1.165) is 28.5 Å². The third-order valence-electron chi connectivity index (χ3n) is 4.50. The topological polar surface area (TPSA) is 40.5 Å². The lowest BCUT2D eigenvalue weighted by Gasteiger charge is -2.14. The van der Waals surface area contributed by atoms with Crippen molar-refractivity contribution in [3.8, 4) is 11.3 Å². The Kier molecular flexibility index (Phi) is 5.38. The standard InChI is InChI=1S/C21H22N4S/c1-2-9-19(10-3-1)20-16-26-21(23-20)24-22-14-17-7-6-8-18(13-17)15-25-11-4-5-12-25/h1-3,6-10,13-14,16H,4-5,11-12,15H2,(H,23,24). The third kappa shape index (κ3) is 4.36. The summed E-state index contributed by atoms with van der Waals surface area (Å²) in [4.78, 5) is 7.09. The first kappa shape index (κ1) is 16.9. The van der Waals surface area contributed by atoms with Crippen molar-refractivity contribution in [2.45, 2.75) is 19.4 Å². The predicted molar refractivity (Wildman–Crippen MR) is 110 cm³/mol. The number of nitrogens with zero attached hydrogens (tertiary/aromatic N) is 3. The second kappa shape index (κ2) is 8.25. The van der Waals surface area contributed by atoms with Gasteiger partial charge in [0.05, 0.1) is 11.9 Å². The zero-order valence-corrected chi connectivity index (χ0v) is 15.5. The molecule has 1 aliphatic heterocycles. The molecule has 4 nitrogen and oxygen atoms in total. The van der Waals surface area contributed by atoms with Gasteiger partial charge in [0.25, 0.3) is 0 Å². The van der Waals surface area contributed by atoms with Crippen LogP contribution in [0.25, 0.3) is 11.3 Å². The molecular formula is C21H22N4S. The van der Waals surface area contributed by atoms with Crippen LogP contribution in [0, 0.1) is 0 Å². The Morgan fingerprint density at radius 3 is 2.77 bits per heavy atom. The van der Waals surface area contributed by atoms with Gasteiger partial charge in [0.2, 0.25) is 5.13 Å². The van der Waals surface area contributed by atoms with E-state index in [9.17, 15) is 0 Å². The molecule has 3 aromatic rings. The van der Waals surface area contributed by atoms with E-state index in [-0.39, 0.29) is 0 Å². The summed E-state index contributed by atoms with van der Waals surface area (Å²) in [5, 5.41) is 7.20. The Morgan fingerprint density at radius 1 is 1.08 bits per heavy atom. The summed E-state index contributed by atoms with van der Waals surface area (Å²) in [6, 6.07) is 18.8. The normalized spacial score (nSPS) is 14.9. The second-order valence-electron chi connectivity index (χ2n) is 6.50. The molecule has 0 unspecified atom stereocenters. The van der Waals surface area contributed by atoms with Crippen molar-refractivity contribution in [1.82, 2.24) is 9.88 Å². The Balaban J connectivity index is 1.37. The van der Waals surface area contributed by atoms with Crippen LogP contribution in [-0.2, 0) is 6.54 Å². The zero-order valence-electron chi connectivity index (χ0n) is 14.6. The molecular weight excluding hydrogens is 340 g/mol. The number of nitrogens with one attached hydrogen (secondary N) is 1. The Hall–Kier alpha value is -2.50. The number of likely N-dealkylation sites (tertiary alicyclic amines) is 1. The molecule has 1 N–H and O–H groups in total. The fraction of sp³-hybridized carbons (Fsp3) is 0.238. The summed E-state index contributed by atoms with van der Waals surface area (Å²) in [5.74, 6) is 0. The van der Waals surface area contributed by atoms with Crippen molar-refractivity contribution in [2.24, 2.45) is 5.10 Å². The van der Waals surface area contributed by atoms with E-state index in [0.29, 0.717) is 0 Å². The number of benzene rings is 2. The molecule has 0 amide bonds. The average molecular weight is 363 g/mol. The maximum atomic E-state index is 4.58. The highest BCUT2D eigenvalue weighted by atomic mass is 32.1. The smallest absolute Gasteiger partial charge is 0.203 e. The molecule has 1 aliphatic rings. The fourth-order valence-corrected chi connectivity index (χ4v) is 3.87. The van der Waals surface area contributed by atoms with Crippen LogP contribution in [-0.4, -0.2) is 29.2 Å². The molecule has 132 valence electrons. The lowest BCUT2D eigenvalue weighted by atomic mass is 10.1. The van der Waals surface area contributed by atoms with Gasteiger partial charge in [-0.1, -0.05) is 48.5 Å². The SMILES string of the molecule is C(=NNc1nc(-c2ccccc2)cs1)c1cccc(CN2CCCC2)c1. The van der Waals surface area contributed by atoms with Crippen molar-refractivity contribution in [3.63, 3.8) is 0 Å². The van der Waals surface area contributed by atoms with Crippen LogP contribution >= 0.6 is 11.3 Å². The van der Waals surface area contributed by atoms with Gasteiger partial charge in [0, 0.05) is 17.5 Å². The van der Waals surface area contributed by atoms with Crippen LogP contribution < -0.4 is 5.43 Å². The summed E-state index contributed by atoms with van der Waals surface area (Å²) in [5.41, 5.74) is 7.59. The van der Waals surface area contributed by atoms with Crippen LogP contribution in [0.1, 0.15) is 24.0 Å². The highest BCUT2D eigenvalue weighted by Crippen LogP contribution is 2.24. The summed E-state index contributed by atoms with van der Waals surface area (Å²) < 4.78 is 0. The molecule has 5 heteroatoms. The molecule has 26 heavy (non-hydrogen) atoms. The van der Waals surface area contributed by atoms with Gasteiger partial charge >= 0.3 is 0 Å². The number of hydrogen-bond acceptors (Lipinski definition) is 5. The number of hydrogen-bond donors (Lipinski definition) is 1. The number of hydrazone groups is 1. The van der Waals surface area contributed by atoms with Crippen molar-refractivity contribution < 1.29 is 0 Å². The van der Waals surface area contributed by atoms with Crippen LogP contribution in [0.5, 0.6) is 0 Å². The summed E-state index contributed by atoms with van der Waals surface area (Å²) in [6.45, 7) is 3.46. The molecule has 0 aliphatic carbocycles. The van der Waals surface area contributed by atoms with Crippen LogP contribution in [0.15, 0.2) is 65.1 Å². The number of thiazole rings is 1. The maximum absolute atomic E-state index is 4.58. The van der Waals surface area contributed by atoms with Gasteiger partial charge in [0.15, 0.2) is 0 Å². The molecule has 2 aromatic carbocycles. The minimum Gasteiger partial charge on any atom is -0.299 e. The Morgan fingerprint density at radius 2 is 1.92 bits per heavy atom. The lowest BCUT2D eigenvalue weighted by molar-refractivity contribution is 0.331. The first-order valence-electron chi connectivity index (χ1n) is 8.98. The van der Waals surface area contributed by atoms with E-state index < -0.39 is 0 Å². The quantitative estimate of drug-likeness (QED) is 0.503. The van der Waals surface area contributed by atoms with Crippen molar-refractivity contribution >= 4 is 22.7 Å². The average Bonchev–Trinajstić information content (AvgIpc) is 3.35. The van der Waals surface area contributed by atoms with Crippen molar-refractivity contribution in [2.75, 3.05) is 18.5 Å². The first-order chi connectivity index (χ1) is 12.9. The summed E-state index contributed by atoms with van der Waals surface area (Å²) in [6.07, 6.45) is 4.50. The van der Waals surface area contributed by atoms with Gasteiger partial charge in [-0.3, -0.25) is 10.3 Å². The van der Waals surface area contributed by atoms with E-state index in [1.165, 1.54) is 31.5 Å². The van der Waals surface area contributed by atoms with Crippen LogP contribution in [0.2, 0.25) is 0 Å². The minimum absolute atomic E-state index is 0.799. The van der Waals surface area contributed by atoms with E-state index in [1.807, 2.05) is 29.8 Å². The highest BCUT2D eigenvalue weighted by molar-refractivity contribution is 7.14. The van der Waals surface area contributed by atoms with Gasteiger partial charge in [-0.2, -0.15) is 5.10 Å². The van der Waals surface area contributed by atoms with E-state index >= 15 is 0 Å². The first-order valence-corrected chi connectivity index (χ1v) is 9.86. The van der Waals surface area contributed by atoms with Crippen LogP contribution in [0.3, 0.4) is 0 Å².